The third-order valence-electron chi connectivity index (χ3n) is 4.45. The zero-order valence-electron chi connectivity index (χ0n) is 13.3. The second-order valence-electron chi connectivity index (χ2n) is 5.88. The number of hydrogen-bond donors (Lipinski definition) is 0. The molecule has 2 aromatic carbocycles. The highest BCUT2D eigenvalue weighted by molar-refractivity contribution is 6.06. The molecule has 4 rings (SSSR count). The van der Waals surface area contributed by atoms with Gasteiger partial charge in [0.1, 0.15) is 0 Å². The first kappa shape index (κ1) is 14.8. The maximum absolute atomic E-state index is 13.2. The molecule has 3 aromatic rings. The highest BCUT2D eigenvalue weighted by Gasteiger charge is 2.29. The van der Waals surface area contributed by atoms with Gasteiger partial charge in [0.05, 0.1) is 24.8 Å². The van der Waals surface area contributed by atoms with Gasteiger partial charge in [0.2, 0.25) is 0 Å². The molecule has 0 radical (unpaired) electrons. The van der Waals surface area contributed by atoms with Gasteiger partial charge in [0, 0.05) is 23.7 Å². The largest absolute Gasteiger partial charge is 0.377 e. The fourth-order valence-electron chi connectivity index (χ4n) is 3.24. The third-order valence-corrected chi connectivity index (χ3v) is 4.45. The van der Waals surface area contributed by atoms with Crippen LogP contribution in [-0.2, 0) is 4.74 Å². The summed E-state index contributed by atoms with van der Waals surface area (Å²) in [6.45, 7) is 1.69. The lowest BCUT2D eigenvalue weighted by Crippen LogP contribution is -2.43. The lowest BCUT2D eigenvalue weighted by molar-refractivity contribution is -0.00258. The number of benzene rings is 2. The van der Waals surface area contributed by atoms with Crippen LogP contribution in [0.1, 0.15) is 22.0 Å². The Bertz CT molecular complexity index is 858. The number of carbonyl (C=O) groups is 1. The second kappa shape index (κ2) is 6.42. The van der Waals surface area contributed by atoms with E-state index in [4.69, 9.17) is 4.74 Å². The SMILES string of the molecule is O=C(c1cccc2ncccc12)N1CCOC[C@H]1c1ccccc1. The minimum atomic E-state index is -0.0561. The van der Waals surface area contributed by atoms with Crippen molar-refractivity contribution in [2.24, 2.45) is 0 Å². The molecule has 2 heterocycles. The van der Waals surface area contributed by atoms with Crippen molar-refractivity contribution in [1.82, 2.24) is 9.88 Å². The Morgan fingerprint density at radius 1 is 1.04 bits per heavy atom. The highest BCUT2D eigenvalue weighted by atomic mass is 16.5. The van der Waals surface area contributed by atoms with E-state index < -0.39 is 0 Å². The average Bonchev–Trinajstić information content (AvgIpc) is 2.68. The van der Waals surface area contributed by atoms with E-state index in [1.807, 2.05) is 65.6 Å². The van der Waals surface area contributed by atoms with E-state index in [0.29, 0.717) is 25.3 Å². The normalized spacial score (nSPS) is 17.8. The van der Waals surface area contributed by atoms with Crippen molar-refractivity contribution in [2.45, 2.75) is 6.04 Å². The Labute approximate surface area is 140 Å². The molecule has 0 N–H and O–H groups in total. The van der Waals surface area contributed by atoms with E-state index in [1.165, 1.54) is 0 Å². The molecule has 24 heavy (non-hydrogen) atoms. The number of hydrogen-bond acceptors (Lipinski definition) is 3. The van der Waals surface area contributed by atoms with Gasteiger partial charge < -0.3 is 9.64 Å². The highest BCUT2D eigenvalue weighted by Crippen LogP contribution is 2.27. The van der Waals surface area contributed by atoms with E-state index in [2.05, 4.69) is 4.98 Å². The summed E-state index contributed by atoms with van der Waals surface area (Å²) in [4.78, 5) is 19.5. The molecule has 4 nitrogen and oxygen atoms in total. The smallest absolute Gasteiger partial charge is 0.255 e. The maximum Gasteiger partial charge on any atom is 0.255 e. The van der Waals surface area contributed by atoms with Crippen LogP contribution in [-0.4, -0.2) is 35.5 Å². The summed E-state index contributed by atoms with van der Waals surface area (Å²) in [5.74, 6) is 0.0331. The minimum absolute atomic E-state index is 0.0331. The number of nitrogens with zero attached hydrogens (tertiary/aromatic N) is 2. The molecule has 0 spiro atoms. The summed E-state index contributed by atoms with van der Waals surface area (Å²) >= 11 is 0. The van der Waals surface area contributed by atoms with Crippen molar-refractivity contribution in [3.8, 4) is 0 Å². The first-order valence-electron chi connectivity index (χ1n) is 8.12. The van der Waals surface area contributed by atoms with Crippen LogP contribution in [0.3, 0.4) is 0 Å². The van der Waals surface area contributed by atoms with Crippen molar-refractivity contribution < 1.29 is 9.53 Å². The van der Waals surface area contributed by atoms with Crippen LogP contribution in [0.4, 0.5) is 0 Å². The summed E-state index contributed by atoms with van der Waals surface area (Å²) in [5, 5.41) is 0.892. The molecule has 0 aliphatic carbocycles. The summed E-state index contributed by atoms with van der Waals surface area (Å²) in [5.41, 5.74) is 2.64. The summed E-state index contributed by atoms with van der Waals surface area (Å²) in [6.07, 6.45) is 1.75. The molecule has 120 valence electrons. The maximum atomic E-state index is 13.2. The number of fused-ring (bicyclic) bond motifs is 1. The van der Waals surface area contributed by atoms with Gasteiger partial charge in [-0.2, -0.15) is 0 Å². The van der Waals surface area contributed by atoms with E-state index >= 15 is 0 Å². The molecule has 0 unspecified atom stereocenters. The van der Waals surface area contributed by atoms with Crippen LogP contribution in [0.25, 0.3) is 10.9 Å². The topological polar surface area (TPSA) is 42.4 Å². The van der Waals surface area contributed by atoms with E-state index in [-0.39, 0.29) is 11.9 Å². The fourth-order valence-corrected chi connectivity index (χ4v) is 3.24. The Balaban J connectivity index is 1.74. The molecule has 1 saturated heterocycles. The van der Waals surface area contributed by atoms with Gasteiger partial charge in [-0.15, -0.1) is 0 Å². The number of carbonyl (C=O) groups excluding carboxylic acids is 1. The number of rotatable bonds is 2. The monoisotopic (exact) mass is 318 g/mol. The first-order valence-corrected chi connectivity index (χ1v) is 8.12. The van der Waals surface area contributed by atoms with Gasteiger partial charge in [-0.3, -0.25) is 9.78 Å². The van der Waals surface area contributed by atoms with Crippen LogP contribution in [0.5, 0.6) is 0 Å². The van der Waals surface area contributed by atoms with Crippen LogP contribution >= 0.6 is 0 Å². The number of morpholine rings is 1. The number of amides is 1. The van der Waals surface area contributed by atoms with Crippen LogP contribution < -0.4 is 0 Å². The number of pyridine rings is 1. The third kappa shape index (κ3) is 2.65. The molecule has 1 aliphatic heterocycles. The lowest BCUT2D eigenvalue weighted by atomic mass is 10.0. The number of ether oxygens (including phenoxy) is 1. The van der Waals surface area contributed by atoms with Gasteiger partial charge >= 0.3 is 0 Å². The van der Waals surface area contributed by atoms with Crippen LogP contribution in [0, 0.1) is 0 Å². The Kier molecular flexibility index (Phi) is 3.97. The Hall–Kier alpha value is -2.72. The van der Waals surface area contributed by atoms with E-state index in [1.54, 1.807) is 6.20 Å². The molecular formula is C20H18N2O2. The molecule has 1 fully saturated rings. The lowest BCUT2D eigenvalue weighted by Gasteiger charge is -2.36. The molecule has 0 bridgehead atoms. The minimum Gasteiger partial charge on any atom is -0.377 e. The summed E-state index contributed by atoms with van der Waals surface area (Å²) in [6, 6.07) is 19.5. The van der Waals surface area contributed by atoms with Crippen LogP contribution in [0.15, 0.2) is 66.9 Å². The van der Waals surface area contributed by atoms with Gasteiger partial charge in [0.15, 0.2) is 0 Å². The first-order chi connectivity index (χ1) is 11.8. The van der Waals surface area contributed by atoms with Crippen LogP contribution in [0.2, 0.25) is 0 Å². The summed E-state index contributed by atoms with van der Waals surface area (Å²) < 4.78 is 5.63. The zero-order valence-corrected chi connectivity index (χ0v) is 13.3. The van der Waals surface area contributed by atoms with Gasteiger partial charge in [-0.1, -0.05) is 42.5 Å². The van der Waals surface area contributed by atoms with Crippen molar-refractivity contribution in [1.29, 1.82) is 0 Å². The molecule has 4 heteroatoms. The zero-order chi connectivity index (χ0) is 16.4. The van der Waals surface area contributed by atoms with Crippen molar-refractivity contribution in [2.75, 3.05) is 19.8 Å². The predicted octanol–water partition coefficient (Wildman–Crippen LogP) is 3.45. The molecule has 1 atom stereocenters. The predicted molar refractivity (Wildman–Crippen MR) is 92.8 cm³/mol. The standard InChI is InChI=1S/C20H18N2O2/c23-20(17-8-4-10-18-16(17)9-5-11-21-18)22-12-13-24-14-19(22)15-6-2-1-3-7-15/h1-11,19H,12-14H2/t19-/m0/s1. The van der Waals surface area contributed by atoms with E-state index in [9.17, 15) is 4.79 Å². The quantitative estimate of drug-likeness (QED) is 0.727. The Morgan fingerprint density at radius 2 is 1.92 bits per heavy atom. The molecule has 1 aliphatic rings. The fraction of sp³-hybridized carbons (Fsp3) is 0.200. The van der Waals surface area contributed by atoms with Crippen molar-refractivity contribution in [3.63, 3.8) is 0 Å². The van der Waals surface area contributed by atoms with Crippen molar-refractivity contribution in [3.05, 3.63) is 78.0 Å². The number of aromatic nitrogens is 1. The average molecular weight is 318 g/mol. The molecule has 1 aromatic heterocycles. The van der Waals surface area contributed by atoms with Gasteiger partial charge in [-0.25, -0.2) is 0 Å². The molecule has 0 saturated carbocycles. The van der Waals surface area contributed by atoms with Gasteiger partial charge in [-0.05, 0) is 23.8 Å². The Morgan fingerprint density at radius 3 is 2.79 bits per heavy atom. The molecular weight excluding hydrogens is 300 g/mol. The second-order valence-corrected chi connectivity index (χ2v) is 5.88. The van der Waals surface area contributed by atoms with E-state index in [0.717, 1.165) is 16.5 Å². The summed E-state index contributed by atoms with van der Waals surface area (Å²) in [7, 11) is 0. The van der Waals surface area contributed by atoms with Crippen molar-refractivity contribution >= 4 is 16.8 Å². The molecule has 1 amide bonds. The van der Waals surface area contributed by atoms with Gasteiger partial charge in [0.25, 0.3) is 5.91 Å².